The molecule has 1 N–H and O–H groups in total. The van der Waals surface area contributed by atoms with Crippen molar-refractivity contribution in [2.24, 2.45) is 28.2 Å². The summed E-state index contributed by atoms with van der Waals surface area (Å²) in [6.07, 6.45) is 5.09. The van der Waals surface area contributed by atoms with E-state index in [9.17, 15) is 14.4 Å². The van der Waals surface area contributed by atoms with Gasteiger partial charge < -0.3 is 15.0 Å². The predicted molar refractivity (Wildman–Crippen MR) is 170 cm³/mol. The first-order valence-electron chi connectivity index (χ1n) is 15.0. The monoisotopic (exact) mass is 611 g/mol. The molecule has 2 aromatic carbocycles. The predicted octanol–water partition coefficient (Wildman–Crippen LogP) is 7.91. The Kier molecular flexibility index (Phi) is 9.89. The molecular weight excluding hydrogens is 569 g/mol. The van der Waals surface area contributed by atoms with Crippen molar-refractivity contribution in [3.63, 3.8) is 0 Å². The van der Waals surface area contributed by atoms with Crippen LogP contribution in [0.25, 0.3) is 0 Å². The summed E-state index contributed by atoms with van der Waals surface area (Å²) < 4.78 is 0. The van der Waals surface area contributed by atoms with Crippen molar-refractivity contribution in [3.8, 4) is 0 Å². The zero-order valence-electron chi connectivity index (χ0n) is 25.5. The van der Waals surface area contributed by atoms with E-state index in [1.165, 1.54) is 0 Å². The minimum Gasteiger partial charge on any atom is -0.351 e. The average Bonchev–Trinajstić information content (AvgIpc) is 3.20. The Bertz CT molecular complexity index is 1320. The van der Waals surface area contributed by atoms with E-state index in [0.717, 1.165) is 44.0 Å². The summed E-state index contributed by atoms with van der Waals surface area (Å²) in [5.74, 6) is 0.260. The number of halogens is 2. The zero-order chi connectivity index (χ0) is 30.8. The highest BCUT2D eigenvalue weighted by molar-refractivity contribution is 6.47. The highest BCUT2D eigenvalue weighted by Crippen LogP contribution is 2.50. The molecule has 1 fully saturated rings. The molecule has 42 heavy (non-hydrogen) atoms. The lowest BCUT2D eigenvalue weighted by atomic mass is 9.69. The van der Waals surface area contributed by atoms with Crippen LogP contribution in [0.4, 0.5) is 0 Å². The first kappa shape index (κ1) is 32.2. The maximum absolute atomic E-state index is 14.4. The van der Waals surface area contributed by atoms with Gasteiger partial charge in [0.1, 0.15) is 17.7 Å². The van der Waals surface area contributed by atoms with Crippen molar-refractivity contribution in [2.75, 3.05) is 6.54 Å². The van der Waals surface area contributed by atoms with Gasteiger partial charge in [-0.3, -0.25) is 14.6 Å². The Balaban J connectivity index is 1.73. The van der Waals surface area contributed by atoms with Crippen LogP contribution in [-0.4, -0.2) is 40.9 Å². The number of aldehydes is 1. The van der Waals surface area contributed by atoms with Gasteiger partial charge in [0.25, 0.3) is 11.8 Å². The van der Waals surface area contributed by atoms with Crippen LogP contribution in [0.1, 0.15) is 101 Å². The van der Waals surface area contributed by atoms with Gasteiger partial charge in [0.2, 0.25) is 0 Å². The molecule has 1 saturated carbocycles. The van der Waals surface area contributed by atoms with E-state index in [0.29, 0.717) is 38.7 Å². The van der Waals surface area contributed by atoms with Crippen LogP contribution >= 0.6 is 23.2 Å². The molecule has 0 aromatic heterocycles. The second kappa shape index (κ2) is 12.9. The zero-order valence-corrected chi connectivity index (χ0v) is 27.1. The third kappa shape index (κ3) is 7.08. The van der Waals surface area contributed by atoms with Gasteiger partial charge >= 0.3 is 0 Å². The van der Waals surface area contributed by atoms with Gasteiger partial charge in [0.15, 0.2) is 0 Å². The van der Waals surface area contributed by atoms with E-state index in [4.69, 9.17) is 28.2 Å². The molecule has 0 radical (unpaired) electrons. The van der Waals surface area contributed by atoms with Crippen molar-refractivity contribution >= 4 is 47.0 Å². The van der Waals surface area contributed by atoms with E-state index in [1.54, 1.807) is 37.3 Å². The largest absolute Gasteiger partial charge is 0.351 e. The van der Waals surface area contributed by atoms with Crippen LogP contribution in [0.3, 0.4) is 0 Å². The maximum atomic E-state index is 14.4. The fraction of sp³-hybridized carbons (Fsp3) is 0.529. The summed E-state index contributed by atoms with van der Waals surface area (Å²) in [5.41, 5.74) is 2.04. The highest BCUT2D eigenvalue weighted by Gasteiger charge is 2.52. The van der Waals surface area contributed by atoms with E-state index < -0.39 is 5.66 Å². The Labute approximate surface area is 260 Å². The smallest absolute Gasteiger partial charge is 0.275 e. The first-order valence-corrected chi connectivity index (χ1v) is 15.7. The van der Waals surface area contributed by atoms with Crippen molar-refractivity contribution in [1.29, 1.82) is 0 Å². The van der Waals surface area contributed by atoms with Crippen LogP contribution in [0.2, 0.25) is 10.0 Å². The molecule has 1 unspecified atom stereocenters. The average molecular weight is 613 g/mol. The third-order valence-electron chi connectivity index (χ3n) is 8.72. The first-order chi connectivity index (χ1) is 19.7. The second-order valence-corrected chi connectivity index (χ2v) is 14.4. The second-order valence-electron chi connectivity index (χ2n) is 13.5. The molecule has 2 amide bonds. The molecule has 1 aliphatic carbocycles. The molecule has 8 heteroatoms. The summed E-state index contributed by atoms with van der Waals surface area (Å²) in [5, 5.41) is 3.74. The number of rotatable bonds is 9. The van der Waals surface area contributed by atoms with Gasteiger partial charge in [0.05, 0.1) is 6.04 Å². The highest BCUT2D eigenvalue weighted by atomic mass is 35.5. The molecule has 2 atom stereocenters. The van der Waals surface area contributed by atoms with E-state index in [-0.39, 0.29) is 35.7 Å². The Morgan fingerprint density at radius 3 is 2.19 bits per heavy atom. The van der Waals surface area contributed by atoms with Gasteiger partial charge in [-0.2, -0.15) is 0 Å². The summed E-state index contributed by atoms with van der Waals surface area (Å²) >= 11 is 12.7. The molecule has 226 valence electrons. The van der Waals surface area contributed by atoms with Gasteiger partial charge in [0, 0.05) is 33.6 Å². The van der Waals surface area contributed by atoms with Gasteiger partial charge in [-0.15, -0.1) is 0 Å². The number of nitrogens with zero attached hydrogens (tertiary/aromatic N) is 2. The molecular formula is C34H43Cl2N3O3. The molecule has 2 aliphatic rings. The number of aliphatic imine (C=N–C) groups is 1. The minimum atomic E-state index is -0.663. The molecule has 2 aromatic rings. The van der Waals surface area contributed by atoms with E-state index in [1.807, 2.05) is 17.0 Å². The molecule has 4 rings (SSSR count). The van der Waals surface area contributed by atoms with E-state index >= 15 is 0 Å². The number of amides is 2. The number of benzene rings is 2. The quantitative estimate of drug-likeness (QED) is 0.293. The number of carbonyl (C=O) groups excluding carboxylic acids is 3. The van der Waals surface area contributed by atoms with Crippen LogP contribution in [0, 0.1) is 23.2 Å². The SMILES string of the molecule is CC(C)CC(c1ccc(C(=O)NC[C@H](C)C=O)cc1)N1C(=O)C(c2cc(Cl)cc(Cl)c2)=NC12CCC(C(C)(C)C)CC2. The topological polar surface area (TPSA) is 78.8 Å². The summed E-state index contributed by atoms with van der Waals surface area (Å²) in [4.78, 5) is 45.4. The third-order valence-corrected chi connectivity index (χ3v) is 9.15. The molecule has 0 saturated heterocycles. The lowest BCUT2D eigenvalue weighted by Crippen LogP contribution is -2.51. The van der Waals surface area contributed by atoms with Gasteiger partial charge in [-0.1, -0.05) is 76.9 Å². The summed E-state index contributed by atoms with van der Waals surface area (Å²) in [6, 6.07) is 12.4. The van der Waals surface area contributed by atoms with Crippen LogP contribution in [0.15, 0.2) is 47.5 Å². The van der Waals surface area contributed by atoms with Gasteiger partial charge in [-0.05, 0) is 85.3 Å². The number of hydrogen-bond acceptors (Lipinski definition) is 4. The summed E-state index contributed by atoms with van der Waals surface area (Å²) in [7, 11) is 0. The number of nitrogens with one attached hydrogen (secondary N) is 1. The minimum absolute atomic E-state index is 0.113. The van der Waals surface area contributed by atoms with Crippen molar-refractivity contribution in [3.05, 3.63) is 69.2 Å². The van der Waals surface area contributed by atoms with E-state index in [2.05, 4.69) is 39.9 Å². The molecule has 1 aliphatic heterocycles. The standard InChI is InChI=1S/C34H43Cl2N3O3/c1-21(2)15-29(23-7-9-24(10-8-23)31(41)37-19-22(3)20-40)39-32(42)30(25-16-27(35)18-28(36)17-25)38-34(39)13-11-26(12-14-34)33(4,5)6/h7-10,16-18,20-22,26,29H,11-15,19H2,1-6H3,(H,37,41)/t22-,26?,29?,34?/m0/s1. The maximum Gasteiger partial charge on any atom is 0.275 e. The fourth-order valence-electron chi connectivity index (χ4n) is 6.32. The molecule has 1 spiro atoms. The van der Waals surface area contributed by atoms with Crippen molar-refractivity contribution in [1.82, 2.24) is 10.2 Å². The lowest BCUT2D eigenvalue weighted by molar-refractivity contribution is -0.134. The number of hydrogen-bond donors (Lipinski definition) is 1. The van der Waals surface area contributed by atoms with Crippen LogP contribution < -0.4 is 5.32 Å². The number of carbonyl (C=O) groups is 3. The lowest BCUT2D eigenvalue weighted by Gasteiger charge is -2.47. The Morgan fingerprint density at radius 1 is 1.07 bits per heavy atom. The normalized spacial score (nSPS) is 22.3. The Hall–Kier alpha value is -2.70. The Morgan fingerprint density at radius 2 is 1.67 bits per heavy atom. The van der Waals surface area contributed by atoms with Crippen LogP contribution in [0.5, 0.6) is 0 Å². The van der Waals surface area contributed by atoms with Crippen molar-refractivity contribution < 1.29 is 14.4 Å². The molecule has 1 heterocycles. The van der Waals surface area contributed by atoms with Crippen LogP contribution in [-0.2, 0) is 9.59 Å². The fourth-order valence-corrected chi connectivity index (χ4v) is 6.85. The molecule has 0 bridgehead atoms. The van der Waals surface area contributed by atoms with Crippen molar-refractivity contribution in [2.45, 2.75) is 85.4 Å². The molecule has 6 nitrogen and oxygen atoms in total. The summed E-state index contributed by atoms with van der Waals surface area (Å²) in [6.45, 7) is 13.2. The van der Waals surface area contributed by atoms with Gasteiger partial charge in [-0.25, -0.2) is 0 Å².